The average Bonchev–Trinajstić information content (AvgIpc) is 2.64. The summed E-state index contributed by atoms with van der Waals surface area (Å²) in [7, 11) is 0. The summed E-state index contributed by atoms with van der Waals surface area (Å²) in [4.78, 5) is 24.2. The van der Waals surface area contributed by atoms with Gasteiger partial charge in [0.2, 0.25) is 0 Å². The first kappa shape index (κ1) is 11.1. The summed E-state index contributed by atoms with van der Waals surface area (Å²) < 4.78 is 5.21. The first-order valence-electron chi connectivity index (χ1n) is 5.56. The minimum Gasteiger partial charge on any atom is -0.469 e. The van der Waals surface area contributed by atoms with Crippen molar-refractivity contribution in [3.8, 4) is 0 Å². The highest BCUT2D eigenvalue weighted by atomic mass is 16.3. The van der Waals surface area contributed by atoms with Crippen LogP contribution in [0.5, 0.6) is 0 Å². The van der Waals surface area contributed by atoms with Gasteiger partial charge in [-0.15, -0.1) is 0 Å². The predicted octanol–water partition coefficient (Wildman–Crippen LogP) is 2.64. The van der Waals surface area contributed by atoms with Crippen LogP contribution < -0.4 is 0 Å². The molecule has 0 saturated carbocycles. The van der Waals surface area contributed by atoms with Crippen molar-refractivity contribution in [2.45, 2.75) is 33.6 Å². The molecule has 0 radical (unpaired) electrons. The number of carbonyl (C=O) groups excluding carboxylic acids is 2. The number of hydrogen-bond donors (Lipinski definition) is 0. The van der Waals surface area contributed by atoms with Gasteiger partial charge in [0.05, 0.1) is 17.7 Å². The van der Waals surface area contributed by atoms with Crippen LogP contribution in [0.1, 0.15) is 43.3 Å². The lowest BCUT2D eigenvalue weighted by atomic mass is 9.75. The number of carbonyl (C=O) groups is 2. The number of Topliss-reactive ketones (excluding diaryl/α,β-unsaturated/α-hetero) is 2. The van der Waals surface area contributed by atoms with Crippen molar-refractivity contribution in [3.63, 3.8) is 0 Å². The SMILES string of the molecule is CC(C)(C)C(=O)C1CCc2occc2C1=O. The number of hydrogen-bond acceptors (Lipinski definition) is 3. The van der Waals surface area contributed by atoms with Gasteiger partial charge in [0, 0.05) is 11.8 Å². The Balaban J connectivity index is 2.29. The van der Waals surface area contributed by atoms with E-state index in [0.29, 0.717) is 18.4 Å². The van der Waals surface area contributed by atoms with Crippen LogP contribution in [0.25, 0.3) is 0 Å². The van der Waals surface area contributed by atoms with Crippen LogP contribution in [-0.2, 0) is 11.2 Å². The van der Waals surface area contributed by atoms with Gasteiger partial charge in [-0.25, -0.2) is 0 Å². The highest BCUT2D eigenvalue weighted by Gasteiger charge is 2.38. The van der Waals surface area contributed by atoms with Gasteiger partial charge in [0.15, 0.2) is 5.78 Å². The second kappa shape index (κ2) is 3.58. The third kappa shape index (κ3) is 1.70. The average molecular weight is 220 g/mol. The number of furan rings is 1. The zero-order chi connectivity index (χ0) is 11.9. The van der Waals surface area contributed by atoms with E-state index in [2.05, 4.69) is 0 Å². The van der Waals surface area contributed by atoms with Crippen LogP contribution >= 0.6 is 0 Å². The summed E-state index contributed by atoms with van der Waals surface area (Å²) in [6.07, 6.45) is 2.78. The fourth-order valence-corrected chi connectivity index (χ4v) is 2.12. The van der Waals surface area contributed by atoms with Crippen LogP contribution in [0.3, 0.4) is 0 Å². The third-order valence-electron chi connectivity index (χ3n) is 3.04. The van der Waals surface area contributed by atoms with Crippen LogP contribution in [0.2, 0.25) is 0 Å². The molecule has 1 aliphatic carbocycles. The molecule has 3 heteroatoms. The molecule has 0 aliphatic heterocycles. The summed E-state index contributed by atoms with van der Waals surface area (Å²) in [5.74, 6) is 0.201. The van der Waals surface area contributed by atoms with Crippen molar-refractivity contribution in [1.29, 1.82) is 0 Å². The lowest BCUT2D eigenvalue weighted by Crippen LogP contribution is -2.36. The minimum atomic E-state index is -0.481. The molecule has 86 valence electrons. The molecule has 0 fully saturated rings. The van der Waals surface area contributed by atoms with Crippen LogP contribution in [-0.4, -0.2) is 11.6 Å². The fourth-order valence-electron chi connectivity index (χ4n) is 2.12. The molecular formula is C13H16O3. The Morgan fingerprint density at radius 2 is 2.12 bits per heavy atom. The van der Waals surface area contributed by atoms with Gasteiger partial charge < -0.3 is 4.42 Å². The zero-order valence-electron chi connectivity index (χ0n) is 9.87. The first-order chi connectivity index (χ1) is 7.41. The monoisotopic (exact) mass is 220 g/mol. The van der Waals surface area contributed by atoms with E-state index >= 15 is 0 Å². The lowest BCUT2D eigenvalue weighted by Gasteiger charge is -2.25. The normalized spacial score (nSPS) is 20.7. The van der Waals surface area contributed by atoms with Gasteiger partial charge in [-0.3, -0.25) is 9.59 Å². The quantitative estimate of drug-likeness (QED) is 0.683. The number of aryl methyl sites for hydroxylation is 1. The van der Waals surface area contributed by atoms with E-state index < -0.39 is 11.3 Å². The molecule has 1 unspecified atom stereocenters. The van der Waals surface area contributed by atoms with E-state index in [1.165, 1.54) is 6.26 Å². The van der Waals surface area contributed by atoms with Crippen molar-refractivity contribution in [3.05, 3.63) is 23.7 Å². The molecular weight excluding hydrogens is 204 g/mol. The standard InChI is InChI=1S/C13H16O3/c1-13(2,3)12(15)9-4-5-10-8(11(9)14)6-7-16-10/h6-7,9H,4-5H2,1-3H3. The molecule has 0 spiro atoms. The Morgan fingerprint density at radius 1 is 1.44 bits per heavy atom. The van der Waals surface area contributed by atoms with Crippen LogP contribution in [0, 0.1) is 11.3 Å². The maximum absolute atomic E-state index is 12.1. The van der Waals surface area contributed by atoms with E-state index in [4.69, 9.17) is 4.42 Å². The van der Waals surface area contributed by atoms with Crippen molar-refractivity contribution >= 4 is 11.6 Å². The number of ketones is 2. The Bertz CT molecular complexity index is 434. The number of rotatable bonds is 1. The molecule has 0 saturated heterocycles. The third-order valence-corrected chi connectivity index (χ3v) is 3.04. The fraction of sp³-hybridized carbons (Fsp3) is 0.538. The largest absolute Gasteiger partial charge is 0.469 e. The van der Waals surface area contributed by atoms with E-state index in [1.54, 1.807) is 6.07 Å². The molecule has 16 heavy (non-hydrogen) atoms. The van der Waals surface area contributed by atoms with Crippen molar-refractivity contribution in [1.82, 2.24) is 0 Å². The van der Waals surface area contributed by atoms with E-state index in [9.17, 15) is 9.59 Å². The molecule has 0 bridgehead atoms. The molecule has 0 aromatic carbocycles. The second-order valence-corrected chi connectivity index (χ2v) is 5.33. The van der Waals surface area contributed by atoms with Gasteiger partial charge in [-0.1, -0.05) is 20.8 Å². The molecule has 3 nitrogen and oxygen atoms in total. The van der Waals surface area contributed by atoms with Gasteiger partial charge >= 0.3 is 0 Å². The minimum absolute atomic E-state index is 0.0318. The molecule has 1 heterocycles. The molecule has 0 amide bonds. The second-order valence-electron chi connectivity index (χ2n) is 5.33. The van der Waals surface area contributed by atoms with Gasteiger partial charge in [-0.05, 0) is 12.5 Å². The predicted molar refractivity (Wildman–Crippen MR) is 59.3 cm³/mol. The zero-order valence-corrected chi connectivity index (χ0v) is 9.87. The maximum atomic E-state index is 12.1. The van der Waals surface area contributed by atoms with Gasteiger partial charge in [-0.2, -0.15) is 0 Å². The molecule has 1 atom stereocenters. The van der Waals surface area contributed by atoms with Crippen molar-refractivity contribution < 1.29 is 14.0 Å². The van der Waals surface area contributed by atoms with Gasteiger partial charge in [0.25, 0.3) is 0 Å². The summed E-state index contributed by atoms with van der Waals surface area (Å²) in [5, 5.41) is 0. The smallest absolute Gasteiger partial charge is 0.176 e. The maximum Gasteiger partial charge on any atom is 0.176 e. The van der Waals surface area contributed by atoms with Crippen molar-refractivity contribution in [2.24, 2.45) is 11.3 Å². The summed E-state index contributed by atoms with van der Waals surface area (Å²) in [6, 6.07) is 1.67. The van der Waals surface area contributed by atoms with E-state index in [0.717, 1.165) is 5.76 Å². The van der Waals surface area contributed by atoms with Crippen LogP contribution in [0.15, 0.2) is 16.7 Å². The highest BCUT2D eigenvalue weighted by Crippen LogP contribution is 2.31. The molecule has 1 aromatic rings. The Hall–Kier alpha value is -1.38. The molecule has 0 N–H and O–H groups in total. The summed E-state index contributed by atoms with van der Waals surface area (Å²) >= 11 is 0. The van der Waals surface area contributed by atoms with Crippen molar-refractivity contribution in [2.75, 3.05) is 0 Å². The first-order valence-corrected chi connectivity index (χ1v) is 5.56. The summed E-state index contributed by atoms with van der Waals surface area (Å²) in [5.41, 5.74) is 0.135. The topological polar surface area (TPSA) is 47.3 Å². The molecule has 2 rings (SSSR count). The van der Waals surface area contributed by atoms with E-state index in [-0.39, 0.29) is 11.6 Å². The van der Waals surface area contributed by atoms with Crippen LogP contribution in [0.4, 0.5) is 0 Å². The number of fused-ring (bicyclic) bond motifs is 1. The summed E-state index contributed by atoms with van der Waals surface area (Å²) in [6.45, 7) is 5.56. The Labute approximate surface area is 94.8 Å². The van der Waals surface area contributed by atoms with Gasteiger partial charge in [0.1, 0.15) is 11.5 Å². The molecule has 1 aromatic heterocycles. The molecule has 1 aliphatic rings. The van der Waals surface area contributed by atoms with E-state index in [1.807, 2.05) is 20.8 Å². The Morgan fingerprint density at radius 3 is 2.75 bits per heavy atom. The lowest BCUT2D eigenvalue weighted by molar-refractivity contribution is -0.129. The Kier molecular flexibility index (Phi) is 2.49. The highest BCUT2D eigenvalue weighted by molar-refractivity contribution is 6.13.